The highest BCUT2D eigenvalue weighted by atomic mass is 16.5. The van der Waals surface area contributed by atoms with Crippen molar-refractivity contribution in [2.45, 2.75) is 20.3 Å². The van der Waals surface area contributed by atoms with Crippen LogP contribution in [-0.2, 0) is 14.3 Å². The van der Waals surface area contributed by atoms with Crippen LogP contribution in [0.4, 0.5) is 0 Å². The van der Waals surface area contributed by atoms with Crippen molar-refractivity contribution in [3.63, 3.8) is 0 Å². The fourth-order valence-electron chi connectivity index (χ4n) is 0.324. The predicted octanol–water partition coefficient (Wildman–Crippen LogP) is 1.04. The number of esters is 1. The smallest absolute Gasteiger partial charge is 0.307 e. The summed E-state index contributed by atoms with van der Waals surface area (Å²) in [6, 6.07) is 0. The fourth-order valence-corrected chi connectivity index (χ4v) is 0.324. The van der Waals surface area contributed by atoms with E-state index < -0.39 is 5.97 Å². The largest absolute Gasteiger partial charge is 0.435 e. The van der Waals surface area contributed by atoms with Crippen molar-refractivity contribution in [3.05, 3.63) is 12.3 Å². The minimum atomic E-state index is -0.417. The number of carbonyl (C=O) groups excluding carboxylic acids is 2. The van der Waals surface area contributed by atoms with Crippen LogP contribution in [-0.4, -0.2) is 11.8 Å². The van der Waals surface area contributed by atoms with Crippen LogP contribution in [0.3, 0.4) is 0 Å². The topological polar surface area (TPSA) is 43.4 Å². The molecule has 0 aromatic rings. The maximum Gasteiger partial charge on any atom is 0.307 e. The Morgan fingerprint density at radius 1 is 1.50 bits per heavy atom. The van der Waals surface area contributed by atoms with Gasteiger partial charge < -0.3 is 4.74 Å². The summed E-state index contributed by atoms with van der Waals surface area (Å²) >= 11 is 0. The average Bonchev–Trinajstić information content (AvgIpc) is 1.87. The molecule has 0 rings (SSSR count). The first-order chi connectivity index (χ1) is 4.66. The molecule has 0 aliphatic rings. The average molecular weight is 142 g/mol. The van der Waals surface area contributed by atoms with Gasteiger partial charge in [-0.05, 0) is 0 Å². The van der Waals surface area contributed by atoms with Crippen LogP contribution in [0.2, 0.25) is 0 Å². The van der Waals surface area contributed by atoms with Crippen LogP contribution in [0.1, 0.15) is 20.3 Å². The lowest BCUT2D eigenvalue weighted by atomic mass is 10.3. The van der Waals surface area contributed by atoms with E-state index in [0.29, 0.717) is 6.42 Å². The summed E-state index contributed by atoms with van der Waals surface area (Å²) < 4.78 is 4.37. The van der Waals surface area contributed by atoms with Crippen LogP contribution in [0.25, 0.3) is 0 Å². The summed E-state index contributed by atoms with van der Waals surface area (Å²) in [6.07, 6.45) is 2.77. The van der Waals surface area contributed by atoms with E-state index >= 15 is 0 Å². The maximum atomic E-state index is 10.5. The molecule has 3 nitrogen and oxygen atoms in total. The van der Waals surface area contributed by atoms with Gasteiger partial charge in [-0.1, -0.05) is 6.92 Å². The van der Waals surface area contributed by atoms with Crippen molar-refractivity contribution in [1.29, 1.82) is 0 Å². The lowest BCUT2D eigenvalue weighted by molar-refractivity contribution is -0.135. The second-order valence-corrected chi connectivity index (χ2v) is 1.73. The molecule has 0 N–H and O–H groups in total. The van der Waals surface area contributed by atoms with Gasteiger partial charge >= 0.3 is 5.97 Å². The minimum Gasteiger partial charge on any atom is -0.435 e. The second-order valence-electron chi connectivity index (χ2n) is 1.73. The Hall–Kier alpha value is -1.12. The Morgan fingerprint density at radius 2 is 2.10 bits per heavy atom. The van der Waals surface area contributed by atoms with Crippen LogP contribution in [0, 0.1) is 0 Å². The van der Waals surface area contributed by atoms with Crippen molar-refractivity contribution in [2.24, 2.45) is 0 Å². The second kappa shape index (κ2) is 4.73. The molecule has 3 heteroatoms. The molecule has 0 radical (unpaired) electrons. The van der Waals surface area contributed by atoms with E-state index in [4.69, 9.17) is 0 Å². The van der Waals surface area contributed by atoms with Crippen molar-refractivity contribution in [1.82, 2.24) is 0 Å². The Balaban J connectivity index is 3.56. The predicted molar refractivity (Wildman–Crippen MR) is 36.2 cm³/mol. The summed E-state index contributed by atoms with van der Waals surface area (Å²) in [6.45, 7) is 3.02. The fraction of sp³-hybridized carbons (Fsp3) is 0.429. The number of hydrogen-bond donors (Lipinski definition) is 0. The normalized spacial score (nSPS) is 9.80. The molecule has 0 saturated carbocycles. The molecule has 0 spiro atoms. The van der Waals surface area contributed by atoms with Crippen molar-refractivity contribution >= 4 is 11.8 Å². The van der Waals surface area contributed by atoms with Crippen LogP contribution in [0.5, 0.6) is 0 Å². The summed E-state index contributed by atoms with van der Waals surface area (Å²) in [5.74, 6) is -0.471. The first-order valence-corrected chi connectivity index (χ1v) is 3.03. The van der Waals surface area contributed by atoms with E-state index in [2.05, 4.69) is 4.74 Å². The zero-order valence-electron chi connectivity index (χ0n) is 6.09. The zero-order valence-corrected chi connectivity index (χ0v) is 6.09. The highest BCUT2D eigenvalue weighted by Crippen LogP contribution is 1.84. The number of ketones is 1. The summed E-state index contributed by atoms with van der Waals surface area (Å²) in [5.41, 5.74) is 0. The van der Waals surface area contributed by atoms with Crippen LogP contribution >= 0.6 is 0 Å². The third kappa shape index (κ3) is 5.03. The minimum absolute atomic E-state index is 0.0544. The molecule has 0 atom stereocenters. The Bertz CT molecular complexity index is 158. The van der Waals surface area contributed by atoms with E-state index in [1.807, 2.05) is 0 Å². The monoisotopic (exact) mass is 142 g/mol. The first-order valence-electron chi connectivity index (χ1n) is 3.03. The molecule has 56 valence electrons. The van der Waals surface area contributed by atoms with Gasteiger partial charge in [0.05, 0.1) is 6.26 Å². The highest BCUT2D eigenvalue weighted by Gasteiger charge is 1.89. The van der Waals surface area contributed by atoms with Crippen molar-refractivity contribution in [3.8, 4) is 0 Å². The standard InChI is InChI=1S/C7H10O3/c1-3-7(9)4-5-10-6(2)8/h4-5H,3H2,1-2H3/b5-4-. The van der Waals surface area contributed by atoms with Gasteiger partial charge in [-0.25, -0.2) is 0 Å². The van der Waals surface area contributed by atoms with Crippen LogP contribution < -0.4 is 0 Å². The number of allylic oxidation sites excluding steroid dienone is 1. The maximum absolute atomic E-state index is 10.5. The third-order valence-corrected chi connectivity index (χ3v) is 0.836. The Kier molecular flexibility index (Phi) is 4.20. The number of carbonyl (C=O) groups is 2. The first kappa shape index (κ1) is 8.88. The summed E-state index contributed by atoms with van der Waals surface area (Å²) in [5, 5.41) is 0. The SMILES string of the molecule is CCC(=O)/C=C\OC(C)=O. The number of rotatable bonds is 3. The molecule has 0 fully saturated rings. The Labute approximate surface area is 59.7 Å². The van der Waals surface area contributed by atoms with Gasteiger partial charge in [0.2, 0.25) is 0 Å². The molecule has 0 bridgehead atoms. The Morgan fingerprint density at radius 3 is 2.50 bits per heavy atom. The molecular formula is C7H10O3. The van der Waals surface area contributed by atoms with E-state index in [-0.39, 0.29) is 5.78 Å². The van der Waals surface area contributed by atoms with Crippen molar-refractivity contribution < 1.29 is 14.3 Å². The molecule has 0 amide bonds. The molecule has 0 saturated heterocycles. The molecule has 0 aromatic carbocycles. The van der Waals surface area contributed by atoms with Crippen LogP contribution in [0.15, 0.2) is 12.3 Å². The zero-order chi connectivity index (χ0) is 7.98. The molecule has 0 aliphatic heterocycles. The molecule has 0 heterocycles. The van der Waals surface area contributed by atoms with Gasteiger partial charge in [0, 0.05) is 19.4 Å². The number of ether oxygens (including phenoxy) is 1. The lowest BCUT2D eigenvalue weighted by Crippen LogP contribution is -1.92. The molecule has 0 aromatic heterocycles. The van der Waals surface area contributed by atoms with E-state index in [1.165, 1.54) is 13.0 Å². The van der Waals surface area contributed by atoms with Gasteiger partial charge in [-0.2, -0.15) is 0 Å². The summed E-state index contributed by atoms with van der Waals surface area (Å²) in [4.78, 5) is 20.6. The van der Waals surface area contributed by atoms with Gasteiger partial charge in [0.1, 0.15) is 0 Å². The van der Waals surface area contributed by atoms with E-state index in [0.717, 1.165) is 6.26 Å². The van der Waals surface area contributed by atoms with Gasteiger partial charge in [-0.15, -0.1) is 0 Å². The molecular weight excluding hydrogens is 132 g/mol. The third-order valence-electron chi connectivity index (χ3n) is 0.836. The summed E-state index contributed by atoms with van der Waals surface area (Å²) in [7, 11) is 0. The molecule has 0 unspecified atom stereocenters. The van der Waals surface area contributed by atoms with Gasteiger partial charge in [0.15, 0.2) is 5.78 Å². The van der Waals surface area contributed by atoms with E-state index in [1.54, 1.807) is 6.92 Å². The highest BCUT2D eigenvalue weighted by molar-refractivity contribution is 5.89. The molecule has 10 heavy (non-hydrogen) atoms. The molecule has 0 aliphatic carbocycles. The quantitative estimate of drug-likeness (QED) is 0.336. The number of hydrogen-bond acceptors (Lipinski definition) is 3. The van der Waals surface area contributed by atoms with E-state index in [9.17, 15) is 9.59 Å². The lowest BCUT2D eigenvalue weighted by Gasteiger charge is -1.88. The van der Waals surface area contributed by atoms with Gasteiger partial charge in [-0.3, -0.25) is 9.59 Å². The van der Waals surface area contributed by atoms with Crippen molar-refractivity contribution in [2.75, 3.05) is 0 Å². The van der Waals surface area contributed by atoms with Gasteiger partial charge in [0.25, 0.3) is 0 Å².